The van der Waals surface area contributed by atoms with Gasteiger partial charge in [0.2, 0.25) is 0 Å². The minimum atomic E-state index is -0.999. The zero-order valence-electron chi connectivity index (χ0n) is 8.27. The van der Waals surface area contributed by atoms with Crippen molar-refractivity contribution in [1.82, 2.24) is 0 Å². The predicted octanol–water partition coefficient (Wildman–Crippen LogP) is 1.33. The molecule has 1 fully saturated rings. The van der Waals surface area contributed by atoms with Crippen molar-refractivity contribution < 1.29 is 19.4 Å². The van der Waals surface area contributed by atoms with Gasteiger partial charge in [0, 0.05) is 6.08 Å². The van der Waals surface area contributed by atoms with Crippen molar-refractivity contribution in [3.8, 4) is 0 Å². The Hall–Kier alpha value is -1.13. The largest absolute Gasteiger partial charge is 0.478 e. The minimum absolute atomic E-state index is 0.291. The monoisotopic (exact) mass is 198 g/mol. The van der Waals surface area contributed by atoms with Crippen LogP contribution in [0.15, 0.2) is 24.8 Å². The molecule has 4 heteroatoms. The van der Waals surface area contributed by atoms with Gasteiger partial charge in [0.15, 0.2) is 5.79 Å². The van der Waals surface area contributed by atoms with Gasteiger partial charge in [0.1, 0.15) is 12.2 Å². The molecule has 0 aliphatic carbocycles. The first-order valence-electron chi connectivity index (χ1n) is 4.34. The fourth-order valence-corrected chi connectivity index (χ4v) is 1.33. The SMILES string of the molecule is C=C[C@H]1OC(C)(C)O[C@@H]1/C=C/C(=O)O. The fraction of sp³-hybridized carbons (Fsp3) is 0.500. The highest BCUT2D eigenvalue weighted by Crippen LogP contribution is 2.29. The second-order valence-corrected chi connectivity index (χ2v) is 3.50. The molecule has 78 valence electrons. The van der Waals surface area contributed by atoms with E-state index >= 15 is 0 Å². The van der Waals surface area contributed by atoms with Gasteiger partial charge in [-0.15, -0.1) is 6.58 Å². The van der Waals surface area contributed by atoms with Gasteiger partial charge in [0.25, 0.3) is 0 Å². The van der Waals surface area contributed by atoms with E-state index in [1.807, 2.05) is 0 Å². The van der Waals surface area contributed by atoms with Gasteiger partial charge in [-0.25, -0.2) is 4.79 Å². The van der Waals surface area contributed by atoms with E-state index in [0.717, 1.165) is 6.08 Å². The summed E-state index contributed by atoms with van der Waals surface area (Å²) in [6.45, 7) is 7.15. The number of hydrogen-bond acceptors (Lipinski definition) is 3. The molecule has 1 rings (SSSR count). The van der Waals surface area contributed by atoms with Crippen LogP contribution in [-0.2, 0) is 14.3 Å². The molecule has 1 aliphatic heterocycles. The van der Waals surface area contributed by atoms with Crippen molar-refractivity contribution in [2.24, 2.45) is 0 Å². The Morgan fingerprint density at radius 3 is 2.50 bits per heavy atom. The van der Waals surface area contributed by atoms with E-state index in [-0.39, 0.29) is 12.2 Å². The van der Waals surface area contributed by atoms with Crippen LogP contribution >= 0.6 is 0 Å². The molecule has 4 nitrogen and oxygen atoms in total. The summed E-state index contributed by atoms with van der Waals surface area (Å²) in [5, 5.41) is 8.45. The molecular formula is C10H14O4. The molecule has 0 saturated carbocycles. The lowest BCUT2D eigenvalue weighted by Crippen LogP contribution is -2.20. The van der Waals surface area contributed by atoms with Crippen molar-refractivity contribution in [2.75, 3.05) is 0 Å². The lowest BCUT2D eigenvalue weighted by Gasteiger charge is -2.15. The number of aliphatic carboxylic acids is 1. The highest BCUT2D eigenvalue weighted by molar-refractivity contribution is 5.79. The van der Waals surface area contributed by atoms with Crippen LogP contribution in [0.4, 0.5) is 0 Å². The highest BCUT2D eigenvalue weighted by Gasteiger charge is 2.38. The summed E-state index contributed by atoms with van der Waals surface area (Å²) in [5.41, 5.74) is 0. The molecule has 0 spiro atoms. The van der Waals surface area contributed by atoms with Gasteiger partial charge in [-0.05, 0) is 19.9 Å². The first-order chi connectivity index (χ1) is 6.44. The molecule has 0 unspecified atom stereocenters. The number of rotatable bonds is 3. The van der Waals surface area contributed by atoms with E-state index < -0.39 is 11.8 Å². The second-order valence-electron chi connectivity index (χ2n) is 3.50. The molecule has 0 amide bonds. The quantitative estimate of drug-likeness (QED) is 0.549. The molecule has 0 bridgehead atoms. The van der Waals surface area contributed by atoms with Crippen LogP contribution in [0.2, 0.25) is 0 Å². The predicted molar refractivity (Wildman–Crippen MR) is 50.8 cm³/mol. The van der Waals surface area contributed by atoms with Crippen molar-refractivity contribution in [2.45, 2.75) is 31.8 Å². The van der Waals surface area contributed by atoms with Crippen LogP contribution < -0.4 is 0 Å². The Balaban J connectivity index is 2.69. The number of ether oxygens (including phenoxy) is 2. The summed E-state index contributed by atoms with van der Waals surface area (Å²) in [5.74, 6) is -1.69. The van der Waals surface area contributed by atoms with Crippen LogP contribution in [0.3, 0.4) is 0 Å². The van der Waals surface area contributed by atoms with Crippen LogP contribution in [0, 0.1) is 0 Å². The van der Waals surface area contributed by atoms with Gasteiger partial charge < -0.3 is 14.6 Å². The molecule has 1 aliphatic rings. The summed E-state index contributed by atoms with van der Waals surface area (Å²) < 4.78 is 10.9. The van der Waals surface area contributed by atoms with Crippen LogP contribution in [0.5, 0.6) is 0 Å². The molecule has 0 aromatic rings. The Labute approximate surface area is 82.8 Å². The van der Waals surface area contributed by atoms with Gasteiger partial charge >= 0.3 is 5.97 Å². The van der Waals surface area contributed by atoms with E-state index in [9.17, 15) is 4.79 Å². The van der Waals surface area contributed by atoms with E-state index in [2.05, 4.69) is 6.58 Å². The lowest BCUT2D eigenvalue weighted by molar-refractivity contribution is -0.139. The van der Waals surface area contributed by atoms with E-state index in [0.29, 0.717) is 0 Å². The molecule has 1 N–H and O–H groups in total. The summed E-state index contributed by atoms with van der Waals surface area (Å²) in [4.78, 5) is 10.3. The van der Waals surface area contributed by atoms with Gasteiger partial charge in [-0.2, -0.15) is 0 Å². The normalized spacial score (nSPS) is 30.7. The highest BCUT2D eigenvalue weighted by atomic mass is 16.7. The van der Waals surface area contributed by atoms with Gasteiger partial charge in [-0.1, -0.05) is 6.08 Å². The standard InChI is InChI=1S/C10H14O4/c1-4-7-8(5-6-9(11)12)14-10(2,3)13-7/h4-8H,1H2,2-3H3,(H,11,12)/b6-5+/t7-,8-/m1/s1. The van der Waals surface area contributed by atoms with Gasteiger partial charge in [-0.3, -0.25) is 0 Å². The molecule has 1 saturated heterocycles. The first-order valence-corrected chi connectivity index (χ1v) is 4.34. The van der Waals surface area contributed by atoms with Crippen molar-refractivity contribution in [1.29, 1.82) is 0 Å². The molecule has 1 heterocycles. The Morgan fingerprint density at radius 1 is 1.43 bits per heavy atom. The topological polar surface area (TPSA) is 55.8 Å². The van der Waals surface area contributed by atoms with Crippen LogP contribution in [0.1, 0.15) is 13.8 Å². The molecule has 2 atom stereocenters. The maximum atomic E-state index is 10.3. The fourth-order valence-electron chi connectivity index (χ4n) is 1.33. The van der Waals surface area contributed by atoms with Crippen molar-refractivity contribution in [3.05, 3.63) is 24.8 Å². The maximum absolute atomic E-state index is 10.3. The second kappa shape index (κ2) is 3.94. The average Bonchev–Trinajstić information content (AvgIpc) is 2.37. The zero-order valence-corrected chi connectivity index (χ0v) is 8.27. The summed E-state index contributed by atoms with van der Waals surface area (Å²) in [6, 6.07) is 0. The third-order valence-corrected chi connectivity index (χ3v) is 1.82. The molecule has 0 aromatic heterocycles. The number of carboxylic acid groups (broad SMARTS) is 1. The lowest BCUT2D eigenvalue weighted by atomic mass is 10.2. The zero-order chi connectivity index (χ0) is 10.8. The van der Waals surface area contributed by atoms with E-state index in [1.165, 1.54) is 6.08 Å². The maximum Gasteiger partial charge on any atom is 0.328 e. The first kappa shape index (κ1) is 10.9. The van der Waals surface area contributed by atoms with E-state index in [4.69, 9.17) is 14.6 Å². The summed E-state index contributed by atoms with van der Waals surface area (Å²) >= 11 is 0. The number of carbonyl (C=O) groups is 1. The number of carboxylic acids is 1. The van der Waals surface area contributed by atoms with Gasteiger partial charge in [0.05, 0.1) is 0 Å². The molecule has 0 aromatic carbocycles. The number of hydrogen-bond donors (Lipinski definition) is 1. The summed E-state index contributed by atoms with van der Waals surface area (Å²) in [6.07, 6.45) is 3.44. The summed E-state index contributed by atoms with van der Waals surface area (Å²) in [7, 11) is 0. The Kier molecular flexibility index (Phi) is 3.08. The Morgan fingerprint density at radius 2 is 2.00 bits per heavy atom. The molecule has 0 radical (unpaired) electrons. The van der Waals surface area contributed by atoms with Crippen LogP contribution in [-0.4, -0.2) is 29.1 Å². The molecule has 14 heavy (non-hydrogen) atoms. The van der Waals surface area contributed by atoms with Crippen molar-refractivity contribution >= 4 is 5.97 Å². The third kappa shape index (κ3) is 2.68. The van der Waals surface area contributed by atoms with Crippen molar-refractivity contribution in [3.63, 3.8) is 0 Å². The average molecular weight is 198 g/mol. The third-order valence-electron chi connectivity index (χ3n) is 1.82. The Bertz CT molecular complexity index is 267. The molecular weight excluding hydrogens is 184 g/mol. The van der Waals surface area contributed by atoms with E-state index in [1.54, 1.807) is 19.9 Å². The minimum Gasteiger partial charge on any atom is -0.478 e. The van der Waals surface area contributed by atoms with Crippen LogP contribution in [0.25, 0.3) is 0 Å². The smallest absolute Gasteiger partial charge is 0.328 e.